The van der Waals surface area contributed by atoms with Crippen LogP contribution in [0.4, 0.5) is 0 Å². The van der Waals surface area contributed by atoms with Crippen molar-refractivity contribution in [3.63, 3.8) is 0 Å². The number of amides is 1. The number of hydrogen-bond acceptors (Lipinski definition) is 4. The van der Waals surface area contributed by atoms with Gasteiger partial charge in [0.2, 0.25) is 11.8 Å². The topological polar surface area (TPSA) is 55.3 Å². The molecule has 5 heteroatoms. The standard InChI is InChI=1S/C17H25N3O2/c1-13-7-8-16(19-18-13)22-15-9-10-20(12-15)17(21)11-14-5-3-2-4-6-14/h7-8,14-15H,2-6,9-12H2,1H3. The minimum atomic E-state index is 0.0484. The zero-order valence-electron chi connectivity index (χ0n) is 13.3. The summed E-state index contributed by atoms with van der Waals surface area (Å²) in [6.45, 7) is 3.38. The Morgan fingerprint density at radius 2 is 2.05 bits per heavy atom. The molecular formula is C17H25N3O2. The minimum absolute atomic E-state index is 0.0484. The smallest absolute Gasteiger partial charge is 0.233 e. The maximum absolute atomic E-state index is 12.4. The summed E-state index contributed by atoms with van der Waals surface area (Å²) in [4.78, 5) is 14.4. The molecule has 2 aliphatic rings. The second-order valence-corrected chi connectivity index (χ2v) is 6.59. The number of aromatic nitrogens is 2. The van der Waals surface area contributed by atoms with E-state index in [-0.39, 0.29) is 6.10 Å². The third-order valence-electron chi connectivity index (χ3n) is 4.75. The Balaban J connectivity index is 1.46. The van der Waals surface area contributed by atoms with Crippen LogP contribution in [0.1, 0.15) is 50.6 Å². The minimum Gasteiger partial charge on any atom is -0.471 e. The van der Waals surface area contributed by atoms with Crippen LogP contribution < -0.4 is 4.74 Å². The van der Waals surface area contributed by atoms with Gasteiger partial charge in [0.15, 0.2) is 0 Å². The first-order valence-electron chi connectivity index (χ1n) is 8.45. The van der Waals surface area contributed by atoms with Gasteiger partial charge in [-0.1, -0.05) is 19.3 Å². The molecule has 1 aromatic rings. The number of nitrogens with zero attached hydrogens (tertiary/aromatic N) is 3. The summed E-state index contributed by atoms with van der Waals surface area (Å²) in [5.74, 6) is 1.45. The fraction of sp³-hybridized carbons (Fsp3) is 0.706. The van der Waals surface area contributed by atoms with E-state index in [0.29, 0.717) is 24.2 Å². The zero-order chi connectivity index (χ0) is 15.4. The maximum Gasteiger partial charge on any atom is 0.233 e. The average molecular weight is 303 g/mol. The van der Waals surface area contributed by atoms with Crippen LogP contribution in [0.3, 0.4) is 0 Å². The van der Waals surface area contributed by atoms with Gasteiger partial charge in [0.05, 0.1) is 12.2 Å². The van der Waals surface area contributed by atoms with Crippen molar-refractivity contribution < 1.29 is 9.53 Å². The van der Waals surface area contributed by atoms with Gasteiger partial charge in [0.25, 0.3) is 0 Å². The fourth-order valence-electron chi connectivity index (χ4n) is 3.44. The van der Waals surface area contributed by atoms with Crippen molar-refractivity contribution in [2.75, 3.05) is 13.1 Å². The highest BCUT2D eigenvalue weighted by atomic mass is 16.5. The second-order valence-electron chi connectivity index (χ2n) is 6.59. The first-order chi connectivity index (χ1) is 10.7. The number of aryl methyl sites for hydroxylation is 1. The van der Waals surface area contributed by atoms with E-state index in [1.54, 1.807) is 0 Å². The number of carbonyl (C=O) groups excluding carboxylic acids is 1. The van der Waals surface area contributed by atoms with Crippen molar-refractivity contribution in [1.82, 2.24) is 15.1 Å². The van der Waals surface area contributed by atoms with Crippen LogP contribution in [-0.4, -0.2) is 40.2 Å². The lowest BCUT2D eigenvalue weighted by atomic mass is 9.87. The van der Waals surface area contributed by atoms with Crippen molar-refractivity contribution in [2.24, 2.45) is 5.92 Å². The molecular weight excluding hydrogens is 278 g/mol. The summed E-state index contributed by atoms with van der Waals surface area (Å²) in [6.07, 6.45) is 8.00. The van der Waals surface area contributed by atoms with Crippen LogP contribution in [-0.2, 0) is 4.79 Å². The first kappa shape index (κ1) is 15.3. The SMILES string of the molecule is Cc1ccc(OC2CCN(C(=O)CC3CCCCC3)C2)nn1. The van der Waals surface area contributed by atoms with Crippen molar-refractivity contribution in [3.8, 4) is 5.88 Å². The molecule has 0 radical (unpaired) electrons. The third kappa shape index (κ3) is 3.96. The summed E-state index contributed by atoms with van der Waals surface area (Å²) < 4.78 is 5.83. The number of hydrogen-bond donors (Lipinski definition) is 0. The Morgan fingerprint density at radius 3 is 2.77 bits per heavy atom. The summed E-state index contributed by atoms with van der Waals surface area (Å²) in [7, 11) is 0. The molecule has 2 fully saturated rings. The quantitative estimate of drug-likeness (QED) is 0.858. The molecule has 1 unspecified atom stereocenters. The number of ether oxygens (including phenoxy) is 1. The number of rotatable bonds is 4. The highest BCUT2D eigenvalue weighted by Gasteiger charge is 2.29. The summed E-state index contributed by atoms with van der Waals surface area (Å²) >= 11 is 0. The lowest BCUT2D eigenvalue weighted by Gasteiger charge is -2.24. The predicted octanol–water partition coefficient (Wildman–Crippen LogP) is 2.74. The van der Waals surface area contributed by atoms with Crippen molar-refractivity contribution in [2.45, 2.75) is 58.0 Å². The predicted molar refractivity (Wildman–Crippen MR) is 83.6 cm³/mol. The molecule has 3 rings (SSSR count). The van der Waals surface area contributed by atoms with E-state index < -0.39 is 0 Å². The molecule has 22 heavy (non-hydrogen) atoms. The Morgan fingerprint density at radius 1 is 1.23 bits per heavy atom. The Kier molecular flexibility index (Phi) is 4.90. The molecule has 0 bridgehead atoms. The first-order valence-corrected chi connectivity index (χ1v) is 8.45. The van der Waals surface area contributed by atoms with Gasteiger partial charge in [0.1, 0.15) is 6.10 Å². The van der Waals surface area contributed by atoms with Crippen LogP contribution in [0.25, 0.3) is 0 Å². The highest BCUT2D eigenvalue weighted by Crippen LogP contribution is 2.27. The van der Waals surface area contributed by atoms with Crippen molar-refractivity contribution in [1.29, 1.82) is 0 Å². The summed E-state index contributed by atoms with van der Waals surface area (Å²) in [5, 5.41) is 8.03. The third-order valence-corrected chi connectivity index (χ3v) is 4.75. The molecule has 0 spiro atoms. The molecule has 120 valence electrons. The van der Waals surface area contributed by atoms with Gasteiger partial charge in [-0.25, -0.2) is 0 Å². The lowest BCUT2D eigenvalue weighted by Crippen LogP contribution is -2.32. The number of likely N-dealkylation sites (tertiary alicyclic amines) is 1. The Bertz CT molecular complexity index is 497. The van der Waals surface area contributed by atoms with E-state index in [9.17, 15) is 4.79 Å². The normalized spacial score (nSPS) is 22.8. The van der Waals surface area contributed by atoms with E-state index in [4.69, 9.17) is 4.74 Å². The Hall–Kier alpha value is -1.65. The second kappa shape index (κ2) is 7.07. The van der Waals surface area contributed by atoms with E-state index >= 15 is 0 Å². The molecule has 1 saturated carbocycles. The van der Waals surface area contributed by atoms with Crippen LogP contribution in [0.5, 0.6) is 5.88 Å². The van der Waals surface area contributed by atoms with Gasteiger partial charge in [-0.2, -0.15) is 5.10 Å². The van der Waals surface area contributed by atoms with E-state index in [1.165, 1.54) is 32.1 Å². The van der Waals surface area contributed by atoms with Gasteiger partial charge < -0.3 is 9.64 Å². The van der Waals surface area contributed by atoms with Gasteiger partial charge in [-0.3, -0.25) is 4.79 Å². The summed E-state index contributed by atoms with van der Waals surface area (Å²) in [6, 6.07) is 3.73. The molecule has 0 N–H and O–H groups in total. The van der Waals surface area contributed by atoms with Gasteiger partial charge in [-0.05, 0) is 31.7 Å². The van der Waals surface area contributed by atoms with Gasteiger partial charge in [-0.15, -0.1) is 5.10 Å². The highest BCUT2D eigenvalue weighted by molar-refractivity contribution is 5.76. The van der Waals surface area contributed by atoms with Crippen LogP contribution in [0.15, 0.2) is 12.1 Å². The maximum atomic E-state index is 12.4. The zero-order valence-corrected chi connectivity index (χ0v) is 13.3. The largest absolute Gasteiger partial charge is 0.471 e. The van der Waals surface area contributed by atoms with Crippen molar-refractivity contribution in [3.05, 3.63) is 17.8 Å². The van der Waals surface area contributed by atoms with Crippen LogP contribution in [0.2, 0.25) is 0 Å². The molecule has 0 aromatic carbocycles. The van der Waals surface area contributed by atoms with Gasteiger partial charge >= 0.3 is 0 Å². The lowest BCUT2D eigenvalue weighted by molar-refractivity contribution is -0.131. The molecule has 1 saturated heterocycles. The molecule has 1 amide bonds. The number of carbonyl (C=O) groups is 1. The average Bonchev–Trinajstić information content (AvgIpc) is 2.99. The van der Waals surface area contributed by atoms with E-state index in [2.05, 4.69) is 10.2 Å². The molecule has 1 aromatic heterocycles. The van der Waals surface area contributed by atoms with Crippen molar-refractivity contribution >= 4 is 5.91 Å². The molecule has 1 aliphatic carbocycles. The van der Waals surface area contributed by atoms with E-state index in [0.717, 1.165) is 25.1 Å². The molecule has 2 heterocycles. The fourth-order valence-corrected chi connectivity index (χ4v) is 3.44. The molecule has 1 aliphatic heterocycles. The molecule has 1 atom stereocenters. The summed E-state index contributed by atoms with van der Waals surface area (Å²) in [5.41, 5.74) is 0.878. The Labute approximate surface area is 132 Å². The van der Waals surface area contributed by atoms with Gasteiger partial charge in [0, 0.05) is 25.5 Å². The monoisotopic (exact) mass is 303 g/mol. The van der Waals surface area contributed by atoms with Crippen LogP contribution >= 0.6 is 0 Å². The molecule has 5 nitrogen and oxygen atoms in total. The van der Waals surface area contributed by atoms with E-state index in [1.807, 2.05) is 24.0 Å². The van der Waals surface area contributed by atoms with Crippen LogP contribution in [0, 0.1) is 12.8 Å².